The SMILES string of the molecule is [C-]#[N+]c1ccccc1-c1ccccc1-c1ccc2c3ccc(-c4ccccc4-c4ccccc4C#N)cc3c3nc4c(-c5cccc6c5-c5ccccc5C6(C)C)sc(-c5cccc6c5-c5ccccc5C6(C)C)c4nc3c2c1. The minimum absolute atomic E-state index is 0.199. The molecule has 4 nitrogen and oxygen atoms in total. The van der Waals surface area contributed by atoms with Crippen molar-refractivity contribution in [1.82, 2.24) is 9.97 Å². The summed E-state index contributed by atoms with van der Waals surface area (Å²) >= 11 is 1.81. The van der Waals surface area contributed by atoms with E-state index in [1.807, 2.05) is 65.9 Å². The third-order valence-electron chi connectivity index (χ3n) is 17.2. The van der Waals surface area contributed by atoms with Crippen molar-refractivity contribution in [3.63, 3.8) is 0 Å². The van der Waals surface area contributed by atoms with Gasteiger partial charge in [-0.1, -0.05) is 228 Å². The van der Waals surface area contributed by atoms with Crippen molar-refractivity contribution < 1.29 is 0 Å². The Morgan fingerprint density at radius 1 is 0.380 bits per heavy atom. The lowest BCUT2D eigenvalue weighted by molar-refractivity contribution is 0.660. The first-order valence-corrected chi connectivity index (χ1v) is 27.7. The van der Waals surface area contributed by atoms with Crippen LogP contribution in [0.3, 0.4) is 0 Å². The number of fused-ring (bicyclic) bond motifs is 13. The molecule has 2 aromatic heterocycles. The van der Waals surface area contributed by atoms with Gasteiger partial charge in [-0.05, 0) is 112 Å². The first kappa shape index (κ1) is 46.5. The van der Waals surface area contributed by atoms with Crippen molar-refractivity contribution in [2.45, 2.75) is 38.5 Å². The number of rotatable bonds is 6. The van der Waals surface area contributed by atoms with Crippen LogP contribution in [0.25, 0.3) is 136 Å². The number of hydrogen-bond acceptors (Lipinski definition) is 4. The molecule has 0 radical (unpaired) electrons. The number of aromatic nitrogens is 2. The molecule has 13 aromatic rings. The maximum atomic E-state index is 10.3. The van der Waals surface area contributed by atoms with Crippen LogP contribution < -0.4 is 0 Å². The predicted octanol–water partition coefficient (Wildman–Crippen LogP) is 20.2. The van der Waals surface area contributed by atoms with Crippen molar-refractivity contribution in [1.29, 1.82) is 5.26 Å². The molecule has 0 saturated carbocycles. The average Bonchev–Trinajstić information content (AvgIpc) is 4.09. The zero-order chi connectivity index (χ0) is 53.3. The molecule has 2 heterocycles. The highest BCUT2D eigenvalue weighted by Gasteiger charge is 2.40. The van der Waals surface area contributed by atoms with Crippen LogP contribution >= 0.6 is 11.3 Å². The Balaban J connectivity index is 1.08. The van der Waals surface area contributed by atoms with Crippen LogP contribution in [-0.2, 0) is 10.8 Å². The molecule has 0 saturated heterocycles. The maximum absolute atomic E-state index is 10.3. The number of para-hydroxylation sites is 1. The molecule has 5 heteroatoms. The summed E-state index contributed by atoms with van der Waals surface area (Å²) in [5.41, 5.74) is 24.8. The van der Waals surface area contributed by atoms with Crippen LogP contribution in [0.5, 0.6) is 0 Å². The summed E-state index contributed by atoms with van der Waals surface area (Å²) in [6.07, 6.45) is 0. The van der Waals surface area contributed by atoms with Gasteiger partial charge in [0.05, 0.1) is 39.0 Å². The molecule has 11 aromatic carbocycles. The molecule has 15 rings (SSSR count). The van der Waals surface area contributed by atoms with Gasteiger partial charge in [0.25, 0.3) is 0 Å². The van der Waals surface area contributed by atoms with Crippen LogP contribution in [0.2, 0.25) is 0 Å². The Kier molecular flexibility index (Phi) is 10.2. The van der Waals surface area contributed by atoms with E-state index < -0.39 is 0 Å². The normalized spacial score (nSPS) is 13.5. The molecule has 0 fully saturated rings. The molecule has 0 unspecified atom stereocenters. The van der Waals surface area contributed by atoms with Crippen molar-refractivity contribution in [2.24, 2.45) is 0 Å². The van der Waals surface area contributed by atoms with E-state index in [0.717, 1.165) is 109 Å². The molecule has 370 valence electrons. The quantitative estimate of drug-likeness (QED) is 0.123. The molecule has 0 N–H and O–H groups in total. The molecule has 0 bridgehead atoms. The number of thiophene rings is 1. The summed E-state index contributed by atoms with van der Waals surface area (Å²) in [6, 6.07) is 80.0. The van der Waals surface area contributed by atoms with E-state index in [1.54, 1.807) is 0 Å². The molecule has 79 heavy (non-hydrogen) atoms. The fourth-order valence-corrected chi connectivity index (χ4v) is 14.7. The lowest BCUT2D eigenvalue weighted by atomic mass is 9.82. The van der Waals surface area contributed by atoms with E-state index in [1.165, 1.54) is 44.5 Å². The molecule has 2 aliphatic carbocycles. The van der Waals surface area contributed by atoms with Crippen molar-refractivity contribution >= 4 is 60.6 Å². The number of hydrogen-bond donors (Lipinski definition) is 0. The highest BCUT2D eigenvalue weighted by atomic mass is 32.1. The third kappa shape index (κ3) is 6.77. The predicted molar refractivity (Wildman–Crippen MR) is 329 cm³/mol. The van der Waals surface area contributed by atoms with E-state index in [4.69, 9.17) is 16.5 Å². The molecule has 0 atom stereocenters. The largest absolute Gasteiger partial charge is 0.242 e. The van der Waals surface area contributed by atoms with Gasteiger partial charge in [0.2, 0.25) is 0 Å². The minimum atomic E-state index is -0.199. The van der Waals surface area contributed by atoms with Crippen LogP contribution in [0.1, 0.15) is 55.5 Å². The Morgan fingerprint density at radius 3 is 1.27 bits per heavy atom. The van der Waals surface area contributed by atoms with Gasteiger partial charge in [-0.2, -0.15) is 5.26 Å². The Bertz CT molecular complexity index is 4580. The van der Waals surface area contributed by atoms with Gasteiger partial charge in [-0.25, -0.2) is 14.8 Å². The molecule has 0 amide bonds. The van der Waals surface area contributed by atoms with Gasteiger partial charge in [-0.3, -0.25) is 0 Å². The Labute approximate surface area is 463 Å². The number of benzene rings is 11. The second-order valence-electron chi connectivity index (χ2n) is 22.1. The zero-order valence-corrected chi connectivity index (χ0v) is 44.8. The highest BCUT2D eigenvalue weighted by Crippen LogP contribution is 2.58. The fourth-order valence-electron chi connectivity index (χ4n) is 13.4. The molecule has 2 aliphatic rings. The monoisotopic (exact) mass is 1020 g/mol. The van der Waals surface area contributed by atoms with Gasteiger partial charge in [0.1, 0.15) is 11.0 Å². The second-order valence-corrected chi connectivity index (χ2v) is 23.1. The maximum Gasteiger partial charge on any atom is 0.194 e. The lowest BCUT2D eigenvalue weighted by Crippen LogP contribution is -2.14. The molecule has 0 spiro atoms. The van der Waals surface area contributed by atoms with E-state index in [2.05, 4.69) is 202 Å². The summed E-state index contributed by atoms with van der Waals surface area (Å²) in [7, 11) is 0. The standard InChI is InChI=1S/C74H48N4S/c1-73(2)60-31-15-12-27-54(60)65-56(29-18-33-62(65)73)71-69-70(72(79-71)57-30-19-34-63-66(57)55-28-13-16-32-61(55)74(63,3)4)78-68-59-41-44(47-22-9-11-25-50(47)53-26-14-17-35-64(53)76-5)37-39-52(59)51-38-36-43(40-58(51)67(68)77-69)46-21-8-10-24-49(46)48-23-7-6-20-45(48)42-75/h6-41H,1-4H3. The molecular weight excluding hydrogens is 977 g/mol. The van der Waals surface area contributed by atoms with Crippen molar-refractivity contribution in [3.8, 4) is 93.7 Å². The minimum Gasteiger partial charge on any atom is -0.242 e. The molecule has 0 aliphatic heterocycles. The first-order valence-electron chi connectivity index (χ1n) is 26.9. The van der Waals surface area contributed by atoms with Gasteiger partial charge in [0, 0.05) is 38.3 Å². The summed E-state index contributed by atoms with van der Waals surface area (Å²) < 4.78 is 0. The van der Waals surface area contributed by atoms with Crippen LogP contribution in [0, 0.1) is 17.9 Å². The van der Waals surface area contributed by atoms with Crippen molar-refractivity contribution in [3.05, 3.63) is 258 Å². The summed E-state index contributed by atoms with van der Waals surface area (Å²) in [4.78, 5) is 18.3. The number of nitrogens with zero attached hydrogens (tertiary/aromatic N) is 4. The average molecular weight is 1030 g/mol. The third-order valence-corrected chi connectivity index (χ3v) is 18.4. The molecular formula is C74H48N4S. The highest BCUT2D eigenvalue weighted by molar-refractivity contribution is 7.21. The smallest absolute Gasteiger partial charge is 0.194 e. The topological polar surface area (TPSA) is 53.9 Å². The summed E-state index contributed by atoms with van der Waals surface area (Å²) in [5, 5.41) is 14.5. The summed E-state index contributed by atoms with van der Waals surface area (Å²) in [5.74, 6) is 0. The van der Waals surface area contributed by atoms with Gasteiger partial charge >= 0.3 is 0 Å². The van der Waals surface area contributed by atoms with E-state index >= 15 is 0 Å². The van der Waals surface area contributed by atoms with Crippen LogP contribution in [0.15, 0.2) is 218 Å². The van der Waals surface area contributed by atoms with Crippen LogP contribution in [0.4, 0.5) is 5.69 Å². The second kappa shape index (κ2) is 17.4. The van der Waals surface area contributed by atoms with Crippen molar-refractivity contribution in [2.75, 3.05) is 0 Å². The van der Waals surface area contributed by atoms with Gasteiger partial charge in [-0.15, -0.1) is 11.3 Å². The lowest BCUT2D eigenvalue weighted by Gasteiger charge is -2.21. The Hall–Kier alpha value is -9.78. The van der Waals surface area contributed by atoms with E-state index in [0.29, 0.717) is 11.3 Å². The van der Waals surface area contributed by atoms with E-state index in [-0.39, 0.29) is 10.8 Å². The van der Waals surface area contributed by atoms with Gasteiger partial charge in [0.15, 0.2) is 5.69 Å². The van der Waals surface area contributed by atoms with Crippen LogP contribution in [-0.4, -0.2) is 9.97 Å². The number of nitriles is 1. The summed E-state index contributed by atoms with van der Waals surface area (Å²) in [6.45, 7) is 17.5. The van der Waals surface area contributed by atoms with E-state index in [9.17, 15) is 5.26 Å². The van der Waals surface area contributed by atoms with Gasteiger partial charge < -0.3 is 0 Å². The first-order chi connectivity index (χ1) is 38.6. The zero-order valence-electron chi connectivity index (χ0n) is 44.0. The Morgan fingerprint density at radius 2 is 0.772 bits per heavy atom. The fraction of sp³-hybridized carbons (Fsp3) is 0.0811.